The molecule has 2 aromatic carbocycles. The molecule has 20 heavy (non-hydrogen) atoms. The molecular weight excluding hydrogens is 307 g/mol. The Hall–Kier alpha value is -1.65. The molecule has 0 unspecified atom stereocenters. The van der Waals surface area contributed by atoms with E-state index in [-0.39, 0.29) is 26.9 Å². The van der Waals surface area contributed by atoms with Gasteiger partial charge in [-0.25, -0.2) is 8.78 Å². The zero-order chi connectivity index (χ0) is 15.0. The van der Waals surface area contributed by atoms with Crippen LogP contribution in [0.4, 0.5) is 14.5 Å². The second-order valence-corrected chi connectivity index (χ2v) is 5.06. The minimum absolute atomic E-state index is 0.0498. The fourth-order valence-electron chi connectivity index (χ4n) is 1.74. The Morgan fingerprint density at radius 3 is 2.35 bits per heavy atom. The molecule has 0 spiro atoms. The molecule has 0 aliphatic heterocycles. The number of carbonyl (C=O) groups is 1. The first-order valence-corrected chi connectivity index (χ1v) is 6.31. The highest BCUT2D eigenvalue weighted by Gasteiger charge is 2.20. The summed E-state index contributed by atoms with van der Waals surface area (Å²) in [7, 11) is 0. The van der Waals surface area contributed by atoms with E-state index in [4.69, 9.17) is 28.9 Å². The van der Waals surface area contributed by atoms with Crippen LogP contribution >= 0.6 is 23.2 Å². The Balaban J connectivity index is 2.60. The van der Waals surface area contributed by atoms with Gasteiger partial charge in [0.2, 0.25) is 0 Å². The van der Waals surface area contributed by atoms with Crippen molar-refractivity contribution < 1.29 is 13.6 Å². The van der Waals surface area contributed by atoms with Crippen molar-refractivity contribution in [1.29, 1.82) is 0 Å². The van der Waals surface area contributed by atoms with Crippen molar-refractivity contribution in [3.05, 3.63) is 62.6 Å². The molecule has 0 aromatic heterocycles. The zero-order valence-electron chi connectivity index (χ0n) is 10.3. The Morgan fingerprint density at radius 2 is 1.70 bits per heavy atom. The lowest BCUT2D eigenvalue weighted by Gasteiger charge is -2.08. The molecule has 2 N–H and O–H groups in total. The lowest BCUT2D eigenvalue weighted by molar-refractivity contribution is 0.103. The molecule has 0 aliphatic rings. The van der Waals surface area contributed by atoms with Gasteiger partial charge in [0.25, 0.3) is 0 Å². The summed E-state index contributed by atoms with van der Waals surface area (Å²) in [4.78, 5) is 12.3. The van der Waals surface area contributed by atoms with Crippen molar-refractivity contribution in [2.45, 2.75) is 6.92 Å². The summed E-state index contributed by atoms with van der Waals surface area (Å²) in [5.41, 5.74) is 5.39. The van der Waals surface area contributed by atoms with Crippen LogP contribution in [0.3, 0.4) is 0 Å². The average Bonchev–Trinajstić information content (AvgIpc) is 2.37. The SMILES string of the molecule is Cc1cc(F)c(C(=O)c2cc(N)cc(Cl)c2Cl)cc1F. The third-order valence-electron chi connectivity index (χ3n) is 2.79. The van der Waals surface area contributed by atoms with Crippen LogP contribution in [0.15, 0.2) is 24.3 Å². The summed E-state index contributed by atoms with van der Waals surface area (Å²) in [6.45, 7) is 1.40. The maximum Gasteiger partial charge on any atom is 0.197 e. The predicted molar refractivity (Wildman–Crippen MR) is 75.4 cm³/mol. The van der Waals surface area contributed by atoms with E-state index < -0.39 is 23.0 Å². The number of carbonyl (C=O) groups excluding carboxylic acids is 1. The number of halogens is 4. The first-order chi connectivity index (χ1) is 9.31. The molecular formula is C14H9Cl2F2NO. The van der Waals surface area contributed by atoms with E-state index in [1.165, 1.54) is 19.1 Å². The first-order valence-electron chi connectivity index (χ1n) is 5.56. The van der Waals surface area contributed by atoms with Crippen molar-refractivity contribution in [3.8, 4) is 0 Å². The molecule has 0 aliphatic carbocycles. The molecule has 0 heterocycles. The van der Waals surface area contributed by atoms with Gasteiger partial charge < -0.3 is 5.73 Å². The molecule has 0 amide bonds. The lowest BCUT2D eigenvalue weighted by Crippen LogP contribution is -2.07. The third-order valence-corrected chi connectivity index (χ3v) is 3.59. The van der Waals surface area contributed by atoms with Gasteiger partial charge in [-0.05, 0) is 36.8 Å². The minimum Gasteiger partial charge on any atom is -0.399 e. The molecule has 0 bridgehead atoms. The Kier molecular flexibility index (Phi) is 3.97. The van der Waals surface area contributed by atoms with Gasteiger partial charge in [-0.3, -0.25) is 4.79 Å². The van der Waals surface area contributed by atoms with Gasteiger partial charge in [-0.1, -0.05) is 23.2 Å². The molecule has 6 heteroatoms. The molecule has 2 aromatic rings. The normalized spacial score (nSPS) is 10.7. The van der Waals surface area contributed by atoms with E-state index in [0.717, 1.165) is 12.1 Å². The highest BCUT2D eigenvalue weighted by atomic mass is 35.5. The van der Waals surface area contributed by atoms with Crippen molar-refractivity contribution >= 4 is 34.7 Å². The van der Waals surface area contributed by atoms with Crippen LogP contribution in [0.1, 0.15) is 21.5 Å². The van der Waals surface area contributed by atoms with Crippen LogP contribution in [0.25, 0.3) is 0 Å². The van der Waals surface area contributed by atoms with Crippen LogP contribution in [-0.2, 0) is 0 Å². The lowest BCUT2D eigenvalue weighted by atomic mass is 10.0. The molecule has 2 nitrogen and oxygen atoms in total. The Labute approximate surface area is 124 Å². The van der Waals surface area contributed by atoms with Crippen LogP contribution in [0.5, 0.6) is 0 Å². The number of hydrogen-bond donors (Lipinski definition) is 1. The Morgan fingerprint density at radius 1 is 1.05 bits per heavy atom. The maximum absolute atomic E-state index is 13.8. The van der Waals surface area contributed by atoms with Gasteiger partial charge in [-0.15, -0.1) is 0 Å². The summed E-state index contributed by atoms with van der Waals surface area (Å²) in [6.07, 6.45) is 0. The van der Waals surface area contributed by atoms with E-state index in [9.17, 15) is 13.6 Å². The molecule has 104 valence electrons. The quantitative estimate of drug-likeness (QED) is 0.659. The number of anilines is 1. The third kappa shape index (κ3) is 2.62. The van der Waals surface area contributed by atoms with Crippen LogP contribution in [-0.4, -0.2) is 5.78 Å². The highest BCUT2D eigenvalue weighted by molar-refractivity contribution is 6.44. The molecule has 0 saturated carbocycles. The smallest absolute Gasteiger partial charge is 0.197 e. The largest absolute Gasteiger partial charge is 0.399 e. The number of aryl methyl sites for hydroxylation is 1. The Bertz CT molecular complexity index is 717. The average molecular weight is 316 g/mol. The number of nitrogens with two attached hydrogens (primary N) is 1. The minimum atomic E-state index is -0.830. The zero-order valence-corrected chi connectivity index (χ0v) is 11.8. The standard InChI is InChI=1S/C14H9Cl2F2NO/c1-6-2-12(18)8(5-11(6)17)14(20)9-3-7(19)4-10(15)13(9)16/h2-5H,19H2,1H3. The van der Waals surface area contributed by atoms with E-state index in [1.807, 2.05) is 0 Å². The fraction of sp³-hybridized carbons (Fsp3) is 0.0714. The topological polar surface area (TPSA) is 43.1 Å². The van der Waals surface area contributed by atoms with Gasteiger partial charge in [-0.2, -0.15) is 0 Å². The van der Waals surface area contributed by atoms with Crippen molar-refractivity contribution in [2.24, 2.45) is 0 Å². The first kappa shape index (κ1) is 14.8. The number of hydrogen-bond acceptors (Lipinski definition) is 2. The van der Waals surface area contributed by atoms with Gasteiger partial charge in [0.05, 0.1) is 15.6 Å². The van der Waals surface area contributed by atoms with Crippen molar-refractivity contribution in [2.75, 3.05) is 5.73 Å². The van der Waals surface area contributed by atoms with Gasteiger partial charge in [0.1, 0.15) is 11.6 Å². The van der Waals surface area contributed by atoms with E-state index in [2.05, 4.69) is 0 Å². The summed E-state index contributed by atoms with van der Waals surface area (Å²) >= 11 is 11.7. The summed E-state index contributed by atoms with van der Waals surface area (Å²) in [5.74, 6) is -2.29. The van der Waals surface area contributed by atoms with Crippen LogP contribution < -0.4 is 5.73 Å². The molecule has 0 saturated heterocycles. The maximum atomic E-state index is 13.8. The number of rotatable bonds is 2. The molecule has 0 atom stereocenters. The van der Waals surface area contributed by atoms with Gasteiger partial charge in [0.15, 0.2) is 5.78 Å². The van der Waals surface area contributed by atoms with Crippen LogP contribution in [0.2, 0.25) is 10.0 Å². The summed E-state index contributed by atoms with van der Waals surface area (Å²) < 4.78 is 27.3. The summed E-state index contributed by atoms with van der Waals surface area (Å²) in [6, 6.07) is 4.42. The van der Waals surface area contributed by atoms with Crippen molar-refractivity contribution in [1.82, 2.24) is 0 Å². The van der Waals surface area contributed by atoms with Crippen LogP contribution in [0, 0.1) is 18.6 Å². The van der Waals surface area contributed by atoms with Crippen molar-refractivity contribution in [3.63, 3.8) is 0 Å². The second kappa shape index (κ2) is 5.38. The molecule has 0 fully saturated rings. The molecule has 0 radical (unpaired) electrons. The summed E-state index contributed by atoms with van der Waals surface area (Å²) in [5, 5.41) is 0.0225. The number of ketones is 1. The van der Waals surface area contributed by atoms with E-state index in [0.29, 0.717) is 0 Å². The fourth-order valence-corrected chi connectivity index (χ4v) is 2.16. The van der Waals surface area contributed by atoms with E-state index in [1.54, 1.807) is 0 Å². The monoisotopic (exact) mass is 315 g/mol. The van der Waals surface area contributed by atoms with E-state index >= 15 is 0 Å². The number of nitrogen functional groups attached to an aromatic ring is 1. The highest BCUT2D eigenvalue weighted by Crippen LogP contribution is 2.31. The predicted octanol–water partition coefficient (Wildman–Crippen LogP) is 4.39. The second-order valence-electron chi connectivity index (χ2n) is 4.27. The van der Waals surface area contributed by atoms with Gasteiger partial charge in [0, 0.05) is 11.3 Å². The number of benzene rings is 2. The molecule has 2 rings (SSSR count). The van der Waals surface area contributed by atoms with Gasteiger partial charge >= 0.3 is 0 Å².